The van der Waals surface area contributed by atoms with E-state index in [0.717, 1.165) is 5.92 Å². The Morgan fingerprint density at radius 1 is 1.05 bits per heavy atom. The smallest absolute Gasteiger partial charge is 0.0764 e. The highest BCUT2D eigenvalue weighted by Crippen LogP contribution is 2.41. The van der Waals surface area contributed by atoms with Gasteiger partial charge in [-0.05, 0) is 35.3 Å². The fraction of sp³-hybridized carbons (Fsp3) is 0.625. The average Bonchev–Trinajstić information content (AvgIpc) is 3.12. The van der Waals surface area contributed by atoms with E-state index in [2.05, 4.69) is 55.9 Å². The van der Waals surface area contributed by atoms with Gasteiger partial charge in [0, 0.05) is 12.0 Å². The zero-order chi connectivity index (χ0) is 13.6. The second-order valence-electron chi connectivity index (χ2n) is 7.08. The summed E-state index contributed by atoms with van der Waals surface area (Å²) in [5.41, 5.74) is 15.8. The van der Waals surface area contributed by atoms with Crippen LogP contribution in [0.5, 0.6) is 0 Å². The number of nitrogens with one attached hydrogen (secondary N) is 2. The zero-order valence-corrected chi connectivity index (χ0v) is 12.1. The van der Waals surface area contributed by atoms with E-state index >= 15 is 0 Å². The summed E-state index contributed by atoms with van der Waals surface area (Å²) < 4.78 is 0. The minimum absolute atomic E-state index is 0.0195. The minimum atomic E-state index is 0.0195. The lowest BCUT2D eigenvalue weighted by atomic mass is 9.83. The first-order chi connectivity index (χ1) is 8.97. The summed E-state index contributed by atoms with van der Waals surface area (Å²) in [4.78, 5) is 0. The van der Waals surface area contributed by atoms with Crippen molar-refractivity contribution in [3.63, 3.8) is 0 Å². The molecule has 3 atom stereocenters. The van der Waals surface area contributed by atoms with Crippen molar-refractivity contribution < 1.29 is 0 Å². The highest BCUT2D eigenvalue weighted by atomic mass is 15.5. The predicted molar refractivity (Wildman–Crippen MR) is 78.6 cm³/mol. The molecule has 19 heavy (non-hydrogen) atoms. The van der Waals surface area contributed by atoms with Crippen LogP contribution in [-0.4, -0.2) is 12.2 Å². The Bertz CT molecular complexity index is 442. The van der Waals surface area contributed by atoms with E-state index in [0.29, 0.717) is 12.0 Å². The number of rotatable bonds is 2. The first-order valence-electron chi connectivity index (χ1n) is 7.34. The Morgan fingerprint density at radius 3 is 2.21 bits per heavy atom. The van der Waals surface area contributed by atoms with Gasteiger partial charge in [-0.15, -0.1) is 0 Å². The molecule has 2 aliphatic rings. The van der Waals surface area contributed by atoms with Crippen LogP contribution >= 0.6 is 0 Å². The number of nitrogens with two attached hydrogens (primary N) is 1. The van der Waals surface area contributed by atoms with Gasteiger partial charge in [0.05, 0.1) is 6.17 Å². The molecule has 1 aromatic rings. The monoisotopic (exact) mass is 259 g/mol. The molecule has 1 heterocycles. The summed E-state index contributed by atoms with van der Waals surface area (Å²) in [5, 5.41) is 0. The van der Waals surface area contributed by atoms with Gasteiger partial charge in [0.15, 0.2) is 0 Å². The maximum Gasteiger partial charge on any atom is 0.0764 e. The quantitative estimate of drug-likeness (QED) is 0.763. The maximum absolute atomic E-state index is 6.22. The molecular weight excluding hydrogens is 234 g/mol. The molecule has 2 fully saturated rings. The molecule has 0 radical (unpaired) electrons. The molecule has 3 nitrogen and oxygen atoms in total. The van der Waals surface area contributed by atoms with Gasteiger partial charge < -0.3 is 5.73 Å². The molecule has 1 aliphatic carbocycles. The number of hydrazine groups is 1. The van der Waals surface area contributed by atoms with Crippen molar-refractivity contribution in [2.75, 3.05) is 0 Å². The lowest BCUT2D eigenvalue weighted by Gasteiger charge is -2.23. The molecule has 1 saturated heterocycles. The van der Waals surface area contributed by atoms with Crippen LogP contribution in [0.2, 0.25) is 0 Å². The van der Waals surface area contributed by atoms with E-state index in [-0.39, 0.29) is 11.6 Å². The Balaban J connectivity index is 1.84. The van der Waals surface area contributed by atoms with Crippen LogP contribution < -0.4 is 16.6 Å². The molecule has 3 unspecified atom stereocenters. The predicted octanol–water partition coefficient (Wildman–Crippen LogP) is 2.24. The van der Waals surface area contributed by atoms with Crippen LogP contribution in [0.1, 0.15) is 50.7 Å². The van der Waals surface area contributed by atoms with E-state index in [4.69, 9.17) is 5.73 Å². The molecule has 0 amide bonds. The van der Waals surface area contributed by atoms with E-state index < -0.39 is 0 Å². The highest BCUT2D eigenvalue weighted by molar-refractivity contribution is 5.32. The lowest BCUT2D eigenvalue weighted by Crippen LogP contribution is -2.38. The Hall–Kier alpha value is -0.900. The number of hydrogen-bond acceptors (Lipinski definition) is 3. The third kappa shape index (κ3) is 2.55. The molecule has 1 aliphatic heterocycles. The van der Waals surface area contributed by atoms with Crippen LogP contribution in [0.3, 0.4) is 0 Å². The van der Waals surface area contributed by atoms with Crippen LogP contribution in [0, 0.1) is 5.92 Å². The molecule has 104 valence electrons. The van der Waals surface area contributed by atoms with Crippen LogP contribution in [0.4, 0.5) is 0 Å². The summed E-state index contributed by atoms with van der Waals surface area (Å²) in [6, 6.07) is 9.52. The van der Waals surface area contributed by atoms with Crippen molar-refractivity contribution in [3.05, 3.63) is 35.4 Å². The minimum Gasteiger partial charge on any atom is -0.314 e. The highest BCUT2D eigenvalue weighted by Gasteiger charge is 2.43. The largest absolute Gasteiger partial charge is 0.314 e. The molecule has 3 heteroatoms. The molecule has 4 N–H and O–H groups in total. The summed E-state index contributed by atoms with van der Waals surface area (Å²) in [5.74, 6) is 1.19. The summed E-state index contributed by atoms with van der Waals surface area (Å²) in [7, 11) is 0. The van der Waals surface area contributed by atoms with Crippen LogP contribution in [0.25, 0.3) is 0 Å². The third-order valence-corrected chi connectivity index (χ3v) is 4.48. The van der Waals surface area contributed by atoms with Crippen LogP contribution in [-0.2, 0) is 5.41 Å². The standard InChI is InChI=1S/C16H25N3/c1-16(2,3)12-8-6-10(7-9-12)13-14(11-4-5-11)18-19-15(13)17/h6-9,11,13-15,18-19H,4-5,17H2,1-3H3. The van der Waals surface area contributed by atoms with E-state index in [1.165, 1.54) is 24.0 Å². The Labute approximate surface area is 115 Å². The van der Waals surface area contributed by atoms with Crippen molar-refractivity contribution in [1.29, 1.82) is 0 Å². The third-order valence-electron chi connectivity index (χ3n) is 4.48. The van der Waals surface area contributed by atoms with Crippen molar-refractivity contribution in [3.8, 4) is 0 Å². The normalized spacial score (nSPS) is 31.7. The lowest BCUT2D eigenvalue weighted by molar-refractivity contribution is 0.471. The molecule has 1 saturated carbocycles. The summed E-state index contributed by atoms with van der Waals surface area (Å²) in [6.07, 6.45) is 2.69. The molecule has 0 bridgehead atoms. The van der Waals surface area contributed by atoms with Crippen molar-refractivity contribution in [1.82, 2.24) is 10.9 Å². The molecule has 0 aromatic heterocycles. The van der Waals surface area contributed by atoms with Crippen molar-refractivity contribution in [2.45, 2.75) is 57.2 Å². The van der Waals surface area contributed by atoms with Crippen molar-refractivity contribution in [2.24, 2.45) is 11.7 Å². The maximum atomic E-state index is 6.22. The number of hydrogen-bond donors (Lipinski definition) is 3. The molecule has 1 aromatic carbocycles. The van der Waals surface area contributed by atoms with Crippen molar-refractivity contribution >= 4 is 0 Å². The van der Waals surface area contributed by atoms with Gasteiger partial charge in [0.2, 0.25) is 0 Å². The van der Waals surface area contributed by atoms with Gasteiger partial charge in [-0.3, -0.25) is 5.43 Å². The molecular formula is C16H25N3. The fourth-order valence-electron chi connectivity index (χ4n) is 3.08. The van der Waals surface area contributed by atoms with Gasteiger partial charge in [-0.2, -0.15) is 0 Å². The molecule has 3 rings (SSSR count). The van der Waals surface area contributed by atoms with E-state index in [1.807, 2.05) is 0 Å². The van der Waals surface area contributed by atoms with Gasteiger partial charge in [-0.25, -0.2) is 5.43 Å². The van der Waals surface area contributed by atoms with E-state index in [9.17, 15) is 0 Å². The first-order valence-corrected chi connectivity index (χ1v) is 7.34. The molecule has 0 spiro atoms. The zero-order valence-electron chi connectivity index (χ0n) is 12.1. The SMILES string of the molecule is CC(C)(C)c1ccc(C2C(N)NNC2C2CC2)cc1. The second-order valence-corrected chi connectivity index (χ2v) is 7.08. The average molecular weight is 259 g/mol. The van der Waals surface area contributed by atoms with E-state index in [1.54, 1.807) is 0 Å². The van der Waals surface area contributed by atoms with Gasteiger partial charge >= 0.3 is 0 Å². The Morgan fingerprint density at radius 2 is 1.68 bits per heavy atom. The van der Waals surface area contributed by atoms with Crippen LogP contribution in [0.15, 0.2) is 24.3 Å². The fourth-order valence-corrected chi connectivity index (χ4v) is 3.08. The van der Waals surface area contributed by atoms with Gasteiger partial charge in [0.1, 0.15) is 0 Å². The summed E-state index contributed by atoms with van der Waals surface area (Å²) >= 11 is 0. The first kappa shape index (κ1) is 13.1. The Kier molecular flexibility index (Phi) is 3.16. The second kappa shape index (κ2) is 4.58. The van der Waals surface area contributed by atoms with Gasteiger partial charge in [0.25, 0.3) is 0 Å². The topological polar surface area (TPSA) is 50.1 Å². The van der Waals surface area contributed by atoms with Gasteiger partial charge in [-0.1, -0.05) is 45.0 Å². The summed E-state index contributed by atoms with van der Waals surface area (Å²) in [6.45, 7) is 6.75. The number of benzene rings is 1.